The van der Waals surface area contributed by atoms with Crippen molar-refractivity contribution in [3.63, 3.8) is 0 Å². The summed E-state index contributed by atoms with van der Waals surface area (Å²) < 4.78 is 27.3. The Morgan fingerprint density at radius 3 is 2.47 bits per heavy atom. The molecule has 0 fully saturated rings. The molecule has 0 bridgehead atoms. The van der Waals surface area contributed by atoms with Crippen LogP contribution >= 0.6 is 11.6 Å². The fourth-order valence-electron chi connectivity index (χ4n) is 1.44. The number of nitriles is 1. The standard InChI is InChI=1S/C12H4ClF2N3O/c13-12-17-2-1-9(18-12)11(19)10-7(14)3-6(5-16)4-8(10)15/h1-4H. The summed E-state index contributed by atoms with van der Waals surface area (Å²) in [5, 5.41) is 8.36. The third kappa shape index (κ3) is 2.56. The van der Waals surface area contributed by atoms with E-state index in [1.807, 2.05) is 0 Å². The molecule has 0 N–H and O–H groups in total. The number of halogens is 3. The van der Waals surface area contributed by atoms with Gasteiger partial charge in [-0.25, -0.2) is 18.7 Å². The number of rotatable bonds is 2. The molecule has 0 saturated heterocycles. The summed E-state index contributed by atoms with van der Waals surface area (Å²) in [6.45, 7) is 0. The first-order valence-corrected chi connectivity index (χ1v) is 5.33. The van der Waals surface area contributed by atoms with Gasteiger partial charge in [0.05, 0.1) is 17.2 Å². The highest BCUT2D eigenvalue weighted by atomic mass is 35.5. The van der Waals surface area contributed by atoms with Crippen LogP contribution in [0.5, 0.6) is 0 Å². The molecule has 0 aliphatic heterocycles. The fourth-order valence-corrected chi connectivity index (χ4v) is 1.59. The minimum atomic E-state index is -1.13. The molecule has 0 atom stereocenters. The second-order valence-electron chi connectivity index (χ2n) is 3.47. The first kappa shape index (κ1) is 13.1. The number of hydrogen-bond donors (Lipinski definition) is 0. The Kier molecular flexibility index (Phi) is 3.49. The Morgan fingerprint density at radius 2 is 1.95 bits per heavy atom. The van der Waals surface area contributed by atoms with E-state index in [9.17, 15) is 13.6 Å². The fraction of sp³-hybridized carbons (Fsp3) is 0. The predicted octanol–water partition coefficient (Wildman–Crippen LogP) is 2.51. The van der Waals surface area contributed by atoms with Gasteiger partial charge in [-0.05, 0) is 29.8 Å². The van der Waals surface area contributed by atoms with Crippen LogP contribution in [0.1, 0.15) is 21.6 Å². The molecular weight excluding hydrogens is 276 g/mol. The van der Waals surface area contributed by atoms with E-state index in [0.29, 0.717) is 0 Å². The van der Waals surface area contributed by atoms with Gasteiger partial charge in [0.2, 0.25) is 11.1 Å². The van der Waals surface area contributed by atoms with Crippen molar-refractivity contribution in [3.05, 3.63) is 58.1 Å². The molecule has 1 heterocycles. The maximum Gasteiger partial charge on any atom is 0.222 e. The molecular formula is C12H4ClF2N3O. The number of benzene rings is 1. The summed E-state index contributed by atoms with van der Waals surface area (Å²) in [5.41, 5.74) is -1.23. The molecule has 7 heteroatoms. The smallest absolute Gasteiger partial charge is 0.222 e. The molecule has 94 valence electrons. The summed E-state index contributed by atoms with van der Waals surface area (Å²) in [6.07, 6.45) is 1.20. The monoisotopic (exact) mass is 279 g/mol. The number of ketones is 1. The lowest BCUT2D eigenvalue weighted by atomic mass is 10.0. The van der Waals surface area contributed by atoms with Crippen molar-refractivity contribution in [2.45, 2.75) is 0 Å². The van der Waals surface area contributed by atoms with Crippen LogP contribution in [0.4, 0.5) is 8.78 Å². The maximum absolute atomic E-state index is 13.6. The average Bonchev–Trinajstić information content (AvgIpc) is 2.37. The van der Waals surface area contributed by atoms with E-state index < -0.39 is 23.0 Å². The van der Waals surface area contributed by atoms with Crippen molar-refractivity contribution >= 4 is 17.4 Å². The minimum Gasteiger partial charge on any atom is -0.287 e. The molecule has 4 nitrogen and oxygen atoms in total. The quantitative estimate of drug-likeness (QED) is 0.626. The number of carbonyl (C=O) groups is 1. The maximum atomic E-state index is 13.6. The Morgan fingerprint density at radius 1 is 1.32 bits per heavy atom. The second kappa shape index (κ2) is 5.08. The molecule has 0 unspecified atom stereocenters. The predicted molar refractivity (Wildman–Crippen MR) is 61.5 cm³/mol. The van der Waals surface area contributed by atoms with Gasteiger partial charge in [0.15, 0.2) is 0 Å². The van der Waals surface area contributed by atoms with Gasteiger partial charge in [-0.1, -0.05) is 0 Å². The van der Waals surface area contributed by atoms with Gasteiger partial charge in [0.25, 0.3) is 0 Å². The Bertz CT molecular complexity index is 689. The van der Waals surface area contributed by atoms with Crippen molar-refractivity contribution < 1.29 is 13.6 Å². The van der Waals surface area contributed by atoms with E-state index in [0.717, 1.165) is 12.1 Å². The zero-order chi connectivity index (χ0) is 14.0. The molecule has 1 aromatic heterocycles. The van der Waals surface area contributed by atoms with Gasteiger partial charge >= 0.3 is 0 Å². The number of aromatic nitrogens is 2. The first-order chi connectivity index (χ1) is 9.02. The van der Waals surface area contributed by atoms with Crippen LogP contribution in [0.3, 0.4) is 0 Å². The van der Waals surface area contributed by atoms with Crippen LogP contribution in [0, 0.1) is 23.0 Å². The molecule has 0 amide bonds. The van der Waals surface area contributed by atoms with Crippen LogP contribution in [0.25, 0.3) is 0 Å². The van der Waals surface area contributed by atoms with Gasteiger partial charge in [0.1, 0.15) is 17.3 Å². The number of carbonyl (C=O) groups excluding carboxylic acids is 1. The van der Waals surface area contributed by atoms with Crippen molar-refractivity contribution in [3.8, 4) is 6.07 Å². The summed E-state index contributed by atoms with van der Waals surface area (Å²) in [6, 6.07) is 4.33. The van der Waals surface area contributed by atoms with E-state index in [1.165, 1.54) is 12.3 Å². The van der Waals surface area contributed by atoms with Crippen molar-refractivity contribution in [2.75, 3.05) is 0 Å². The molecule has 0 saturated carbocycles. The Labute approximate surface area is 111 Å². The van der Waals surface area contributed by atoms with Gasteiger partial charge < -0.3 is 0 Å². The van der Waals surface area contributed by atoms with Crippen LogP contribution in [-0.2, 0) is 0 Å². The molecule has 0 aliphatic rings. The van der Waals surface area contributed by atoms with Crippen molar-refractivity contribution in [2.24, 2.45) is 0 Å². The van der Waals surface area contributed by atoms with Crippen LogP contribution < -0.4 is 0 Å². The third-order valence-electron chi connectivity index (χ3n) is 2.26. The van der Waals surface area contributed by atoms with E-state index >= 15 is 0 Å². The summed E-state index contributed by atoms with van der Waals surface area (Å²) in [4.78, 5) is 19.1. The van der Waals surface area contributed by atoms with Crippen LogP contribution in [-0.4, -0.2) is 15.8 Å². The molecule has 19 heavy (non-hydrogen) atoms. The molecule has 0 radical (unpaired) electrons. The third-order valence-corrected chi connectivity index (χ3v) is 2.44. The molecule has 0 spiro atoms. The largest absolute Gasteiger partial charge is 0.287 e. The van der Waals surface area contributed by atoms with Gasteiger partial charge in [-0.3, -0.25) is 4.79 Å². The molecule has 2 rings (SSSR count). The van der Waals surface area contributed by atoms with Gasteiger partial charge in [0, 0.05) is 6.20 Å². The number of hydrogen-bond acceptors (Lipinski definition) is 4. The minimum absolute atomic E-state index is 0.208. The zero-order valence-corrected chi connectivity index (χ0v) is 9.95. The van der Waals surface area contributed by atoms with E-state index in [2.05, 4.69) is 9.97 Å². The number of nitrogens with zero attached hydrogens (tertiary/aromatic N) is 3. The summed E-state index contributed by atoms with van der Waals surface area (Å²) >= 11 is 5.50. The van der Waals surface area contributed by atoms with Crippen molar-refractivity contribution in [1.82, 2.24) is 9.97 Å². The lowest BCUT2D eigenvalue weighted by Gasteiger charge is -2.04. The molecule has 0 aliphatic carbocycles. The van der Waals surface area contributed by atoms with Crippen molar-refractivity contribution in [1.29, 1.82) is 5.26 Å². The lowest BCUT2D eigenvalue weighted by Crippen LogP contribution is -2.10. The van der Waals surface area contributed by atoms with E-state index in [1.54, 1.807) is 6.07 Å². The SMILES string of the molecule is N#Cc1cc(F)c(C(=O)c2ccnc(Cl)n2)c(F)c1. The summed E-state index contributed by atoms with van der Waals surface area (Å²) in [7, 11) is 0. The van der Waals surface area contributed by atoms with Crippen LogP contribution in [0.2, 0.25) is 5.28 Å². The molecule has 1 aromatic carbocycles. The van der Waals surface area contributed by atoms with Gasteiger partial charge in [-0.2, -0.15) is 5.26 Å². The van der Waals surface area contributed by atoms with E-state index in [-0.39, 0.29) is 16.5 Å². The highest BCUT2D eigenvalue weighted by Crippen LogP contribution is 2.18. The highest BCUT2D eigenvalue weighted by molar-refractivity contribution is 6.28. The first-order valence-electron chi connectivity index (χ1n) is 4.95. The second-order valence-corrected chi connectivity index (χ2v) is 3.80. The summed E-state index contributed by atoms with van der Waals surface area (Å²) in [5.74, 6) is -3.23. The lowest BCUT2D eigenvalue weighted by molar-refractivity contribution is 0.102. The van der Waals surface area contributed by atoms with Crippen LogP contribution in [0.15, 0.2) is 24.4 Å². The zero-order valence-electron chi connectivity index (χ0n) is 9.19. The highest BCUT2D eigenvalue weighted by Gasteiger charge is 2.21. The Balaban J connectivity index is 2.54. The molecule has 2 aromatic rings. The normalized spacial score (nSPS) is 10.0. The average molecular weight is 280 g/mol. The van der Waals surface area contributed by atoms with E-state index in [4.69, 9.17) is 16.9 Å². The van der Waals surface area contributed by atoms with Gasteiger partial charge in [-0.15, -0.1) is 0 Å². The topological polar surface area (TPSA) is 66.6 Å². The Hall–Kier alpha value is -2.39.